The normalized spacial score (nSPS) is 13.3. The summed E-state index contributed by atoms with van der Waals surface area (Å²) in [6.45, 7) is 4.69. The van der Waals surface area contributed by atoms with Crippen LogP contribution in [0.15, 0.2) is 140 Å². The van der Waals surface area contributed by atoms with E-state index in [0.29, 0.717) is 17.5 Å². The Balaban J connectivity index is 1.35. The Bertz CT molecular complexity index is 2390. The third kappa shape index (κ3) is 3.87. The molecule has 0 aliphatic heterocycles. The second-order valence-electron chi connectivity index (χ2n) is 12.4. The van der Waals surface area contributed by atoms with Crippen molar-refractivity contribution < 1.29 is 0 Å². The molecule has 0 unspecified atom stereocenters. The number of rotatable bonds is 3. The maximum atomic E-state index is 5.03. The quantitative estimate of drug-likeness (QED) is 0.197. The molecule has 9 rings (SSSR count). The van der Waals surface area contributed by atoms with Crippen LogP contribution in [0.4, 0.5) is 0 Å². The average molecular weight is 576 g/mol. The van der Waals surface area contributed by atoms with E-state index in [1.54, 1.807) is 0 Å². The van der Waals surface area contributed by atoms with Crippen molar-refractivity contribution in [2.45, 2.75) is 19.3 Å². The molecule has 45 heavy (non-hydrogen) atoms. The van der Waals surface area contributed by atoms with E-state index in [1.165, 1.54) is 54.6 Å². The van der Waals surface area contributed by atoms with Crippen molar-refractivity contribution >= 4 is 32.3 Å². The highest BCUT2D eigenvalue weighted by Crippen LogP contribution is 2.53. The molecular formula is C42H29N3. The molecule has 1 heterocycles. The Morgan fingerprint density at radius 1 is 0.400 bits per heavy atom. The molecule has 0 bridgehead atoms. The standard InChI is InChI=1S/C42H29N3/c1-42(2)35-20-12-11-19-33(35)38-36(42)24-23-31-29-17-9-10-18-30(29)34-25-28(21-22-32(34)37(31)38)41-44-39(26-13-5-3-6-14-26)43-40(45-41)27-15-7-4-8-16-27/h3-25H,1-2H3. The molecule has 0 fully saturated rings. The van der Waals surface area contributed by atoms with Gasteiger partial charge < -0.3 is 0 Å². The first kappa shape index (κ1) is 25.8. The summed E-state index contributed by atoms with van der Waals surface area (Å²) in [5.74, 6) is 2.00. The highest BCUT2D eigenvalue weighted by atomic mass is 15.0. The monoisotopic (exact) mass is 575 g/mol. The van der Waals surface area contributed by atoms with Crippen LogP contribution in [-0.4, -0.2) is 15.0 Å². The van der Waals surface area contributed by atoms with Gasteiger partial charge in [-0.15, -0.1) is 0 Å². The van der Waals surface area contributed by atoms with Gasteiger partial charge in [0.25, 0.3) is 0 Å². The molecule has 1 aliphatic rings. The van der Waals surface area contributed by atoms with Crippen LogP contribution in [-0.2, 0) is 5.41 Å². The van der Waals surface area contributed by atoms with Crippen molar-refractivity contribution in [2.24, 2.45) is 0 Å². The molecule has 1 aromatic heterocycles. The van der Waals surface area contributed by atoms with Crippen molar-refractivity contribution in [3.63, 3.8) is 0 Å². The minimum Gasteiger partial charge on any atom is -0.208 e. The number of fused-ring (bicyclic) bond motifs is 10. The van der Waals surface area contributed by atoms with Crippen molar-refractivity contribution in [1.82, 2.24) is 15.0 Å². The molecular weight excluding hydrogens is 546 g/mol. The summed E-state index contributed by atoms with van der Waals surface area (Å²) in [6.07, 6.45) is 0. The van der Waals surface area contributed by atoms with Gasteiger partial charge in [0.15, 0.2) is 17.5 Å². The third-order valence-electron chi connectivity index (χ3n) is 9.50. The second kappa shape index (κ2) is 9.67. The summed E-state index contributed by atoms with van der Waals surface area (Å²) in [7, 11) is 0. The SMILES string of the molecule is CC1(C)c2ccccc2-c2c1ccc1c3ccccc3c3cc(-c4nc(-c5ccccc5)nc(-c5ccccc5)n4)ccc3c21. The predicted octanol–water partition coefficient (Wildman–Crippen LogP) is 10.6. The fourth-order valence-electron chi connectivity index (χ4n) is 7.31. The molecule has 8 aromatic rings. The lowest BCUT2D eigenvalue weighted by atomic mass is 9.81. The third-order valence-corrected chi connectivity index (χ3v) is 9.50. The van der Waals surface area contributed by atoms with E-state index in [-0.39, 0.29) is 5.41 Å². The zero-order valence-corrected chi connectivity index (χ0v) is 25.1. The highest BCUT2D eigenvalue weighted by Gasteiger charge is 2.36. The van der Waals surface area contributed by atoms with E-state index >= 15 is 0 Å². The Kier molecular flexibility index (Phi) is 5.54. The maximum Gasteiger partial charge on any atom is 0.164 e. The smallest absolute Gasteiger partial charge is 0.164 e. The summed E-state index contributed by atoms with van der Waals surface area (Å²) in [5, 5.41) is 7.54. The maximum absolute atomic E-state index is 5.03. The molecule has 0 amide bonds. The highest BCUT2D eigenvalue weighted by molar-refractivity contribution is 6.29. The number of nitrogens with zero attached hydrogens (tertiary/aromatic N) is 3. The lowest BCUT2D eigenvalue weighted by molar-refractivity contribution is 0.661. The fourth-order valence-corrected chi connectivity index (χ4v) is 7.31. The minimum absolute atomic E-state index is 0.0649. The Morgan fingerprint density at radius 3 is 1.58 bits per heavy atom. The van der Waals surface area contributed by atoms with Crippen molar-refractivity contribution in [1.29, 1.82) is 0 Å². The Hall–Kier alpha value is -5.67. The van der Waals surface area contributed by atoms with Crippen LogP contribution in [0.2, 0.25) is 0 Å². The van der Waals surface area contributed by atoms with E-state index in [1.807, 2.05) is 60.7 Å². The molecule has 3 heteroatoms. The Labute approximate surface area is 261 Å². The summed E-state index contributed by atoms with van der Waals surface area (Å²) < 4.78 is 0. The first-order valence-corrected chi connectivity index (χ1v) is 15.5. The van der Waals surface area contributed by atoms with E-state index in [4.69, 9.17) is 15.0 Å². The molecule has 0 radical (unpaired) electrons. The van der Waals surface area contributed by atoms with Gasteiger partial charge in [-0.1, -0.05) is 147 Å². The molecule has 0 saturated heterocycles. The van der Waals surface area contributed by atoms with Crippen molar-refractivity contribution in [3.05, 3.63) is 151 Å². The van der Waals surface area contributed by atoms with Crippen LogP contribution in [0.5, 0.6) is 0 Å². The van der Waals surface area contributed by atoms with E-state index in [2.05, 4.69) is 92.7 Å². The Morgan fingerprint density at radius 2 is 0.911 bits per heavy atom. The number of benzene rings is 7. The fraction of sp³-hybridized carbons (Fsp3) is 0.0714. The van der Waals surface area contributed by atoms with Crippen LogP contribution in [0.1, 0.15) is 25.0 Å². The van der Waals surface area contributed by atoms with Crippen LogP contribution < -0.4 is 0 Å². The topological polar surface area (TPSA) is 38.7 Å². The van der Waals surface area contributed by atoms with Crippen LogP contribution in [0, 0.1) is 0 Å². The van der Waals surface area contributed by atoms with Gasteiger partial charge in [0.05, 0.1) is 0 Å². The summed E-state index contributed by atoms with van der Waals surface area (Å²) in [5.41, 5.74) is 8.30. The van der Waals surface area contributed by atoms with Crippen LogP contribution in [0.25, 0.3) is 77.6 Å². The van der Waals surface area contributed by atoms with E-state index in [9.17, 15) is 0 Å². The van der Waals surface area contributed by atoms with Crippen LogP contribution in [0.3, 0.4) is 0 Å². The summed E-state index contributed by atoms with van der Waals surface area (Å²) in [4.78, 5) is 15.0. The molecule has 0 saturated carbocycles. The van der Waals surface area contributed by atoms with E-state index < -0.39 is 0 Å². The summed E-state index contributed by atoms with van der Waals surface area (Å²) in [6, 6.07) is 49.4. The first-order valence-electron chi connectivity index (χ1n) is 15.5. The minimum atomic E-state index is -0.0649. The van der Waals surface area contributed by atoms with Gasteiger partial charge in [0.1, 0.15) is 0 Å². The van der Waals surface area contributed by atoms with Crippen molar-refractivity contribution in [2.75, 3.05) is 0 Å². The molecule has 0 atom stereocenters. The average Bonchev–Trinajstić information content (AvgIpc) is 3.34. The second-order valence-corrected chi connectivity index (χ2v) is 12.4. The van der Waals surface area contributed by atoms with Gasteiger partial charge in [-0.3, -0.25) is 0 Å². The summed E-state index contributed by atoms with van der Waals surface area (Å²) >= 11 is 0. The number of aromatic nitrogens is 3. The van der Waals surface area contributed by atoms with Gasteiger partial charge in [-0.25, -0.2) is 15.0 Å². The molecule has 7 aromatic carbocycles. The largest absolute Gasteiger partial charge is 0.208 e. The molecule has 1 aliphatic carbocycles. The lowest BCUT2D eigenvalue weighted by Crippen LogP contribution is -2.14. The van der Waals surface area contributed by atoms with Crippen LogP contribution >= 0.6 is 0 Å². The zero-order valence-electron chi connectivity index (χ0n) is 25.1. The molecule has 212 valence electrons. The number of hydrogen-bond donors (Lipinski definition) is 0. The first-order chi connectivity index (χ1) is 22.1. The number of hydrogen-bond acceptors (Lipinski definition) is 3. The van der Waals surface area contributed by atoms with Gasteiger partial charge in [0.2, 0.25) is 0 Å². The van der Waals surface area contributed by atoms with Gasteiger partial charge in [-0.05, 0) is 60.6 Å². The van der Waals surface area contributed by atoms with Gasteiger partial charge in [-0.2, -0.15) is 0 Å². The molecule has 0 spiro atoms. The predicted molar refractivity (Wildman–Crippen MR) is 186 cm³/mol. The lowest BCUT2D eigenvalue weighted by Gasteiger charge is -2.22. The zero-order chi connectivity index (χ0) is 30.1. The van der Waals surface area contributed by atoms with E-state index in [0.717, 1.165) is 16.7 Å². The molecule has 0 N–H and O–H groups in total. The van der Waals surface area contributed by atoms with Crippen molar-refractivity contribution in [3.8, 4) is 45.3 Å². The molecule has 3 nitrogen and oxygen atoms in total. The van der Waals surface area contributed by atoms with Gasteiger partial charge >= 0.3 is 0 Å². The van der Waals surface area contributed by atoms with Gasteiger partial charge in [0, 0.05) is 22.1 Å².